The van der Waals surface area contributed by atoms with Crippen molar-refractivity contribution in [2.45, 2.75) is 6.92 Å². The van der Waals surface area contributed by atoms with E-state index in [0.717, 1.165) is 21.4 Å². The molecule has 134 valence electrons. The third-order valence-electron chi connectivity index (χ3n) is 4.19. The summed E-state index contributed by atoms with van der Waals surface area (Å²) in [7, 11) is 0. The number of hydrogen-bond acceptors (Lipinski definition) is 5. The summed E-state index contributed by atoms with van der Waals surface area (Å²) in [6, 6.07) is 20.1. The van der Waals surface area contributed by atoms with Crippen molar-refractivity contribution in [1.29, 1.82) is 0 Å². The summed E-state index contributed by atoms with van der Waals surface area (Å²) in [4.78, 5) is 25.9. The predicted molar refractivity (Wildman–Crippen MR) is 107 cm³/mol. The summed E-state index contributed by atoms with van der Waals surface area (Å²) in [5.41, 5.74) is 1.74. The molecular weight excluding hydrogens is 360 g/mol. The largest absolute Gasteiger partial charge is 0.485 e. The molecule has 5 heteroatoms. The van der Waals surface area contributed by atoms with Crippen LogP contribution in [-0.2, 0) is 0 Å². The molecule has 0 amide bonds. The van der Waals surface area contributed by atoms with E-state index in [9.17, 15) is 9.59 Å². The van der Waals surface area contributed by atoms with Crippen LogP contribution in [-0.4, -0.2) is 12.4 Å². The molecular formula is C22H16O4S. The van der Waals surface area contributed by atoms with E-state index in [4.69, 9.17) is 9.15 Å². The van der Waals surface area contributed by atoms with Crippen molar-refractivity contribution in [1.82, 2.24) is 0 Å². The van der Waals surface area contributed by atoms with E-state index in [0.29, 0.717) is 16.2 Å². The lowest BCUT2D eigenvalue weighted by atomic mass is 10.0. The molecule has 0 saturated carbocycles. The first-order valence-corrected chi connectivity index (χ1v) is 9.27. The van der Waals surface area contributed by atoms with Gasteiger partial charge >= 0.3 is 5.63 Å². The number of hydrogen-bond donors (Lipinski definition) is 0. The molecule has 0 radical (unpaired) electrons. The van der Waals surface area contributed by atoms with Crippen LogP contribution >= 0.6 is 11.3 Å². The van der Waals surface area contributed by atoms with Gasteiger partial charge in [0, 0.05) is 22.4 Å². The van der Waals surface area contributed by atoms with E-state index < -0.39 is 5.63 Å². The average Bonchev–Trinajstić information content (AvgIpc) is 3.12. The van der Waals surface area contributed by atoms with Crippen LogP contribution in [0.2, 0.25) is 0 Å². The van der Waals surface area contributed by atoms with Gasteiger partial charge in [-0.1, -0.05) is 30.3 Å². The van der Waals surface area contributed by atoms with Gasteiger partial charge in [0.2, 0.25) is 5.78 Å². The van der Waals surface area contributed by atoms with E-state index in [1.807, 2.05) is 49.4 Å². The maximum atomic E-state index is 12.2. The monoisotopic (exact) mass is 376 g/mol. The summed E-state index contributed by atoms with van der Waals surface area (Å²) < 4.78 is 11.0. The van der Waals surface area contributed by atoms with Crippen LogP contribution in [0.4, 0.5) is 0 Å². The maximum Gasteiger partial charge on any atom is 0.336 e. The van der Waals surface area contributed by atoms with Crippen molar-refractivity contribution in [3.05, 3.63) is 86.9 Å². The summed E-state index contributed by atoms with van der Waals surface area (Å²) >= 11 is 1.45. The Bertz CT molecular complexity index is 1170. The Balaban J connectivity index is 1.63. The number of aryl methyl sites for hydroxylation is 1. The van der Waals surface area contributed by atoms with E-state index in [1.54, 1.807) is 18.2 Å². The first kappa shape index (κ1) is 17.2. The standard InChI is InChI=1S/C22H16O4S/c1-14-7-10-21(27-14)19(23)13-25-16-8-9-17-18(15-5-3-2-4-6-15)12-22(24)26-20(17)11-16/h2-12H,13H2,1H3. The lowest BCUT2D eigenvalue weighted by Crippen LogP contribution is -2.10. The molecule has 0 saturated heterocycles. The summed E-state index contributed by atoms with van der Waals surface area (Å²) in [6.07, 6.45) is 0. The number of Topliss-reactive ketones (excluding diaryl/α,β-unsaturated/α-hetero) is 1. The molecule has 4 rings (SSSR count). The number of rotatable bonds is 5. The molecule has 4 aromatic rings. The van der Waals surface area contributed by atoms with Gasteiger partial charge in [-0.2, -0.15) is 0 Å². The van der Waals surface area contributed by atoms with Crippen LogP contribution in [0.15, 0.2) is 75.9 Å². The molecule has 4 nitrogen and oxygen atoms in total. The Labute approximate surface area is 159 Å². The minimum absolute atomic E-state index is 0.0614. The number of ketones is 1. The molecule has 2 aromatic heterocycles. The van der Waals surface area contributed by atoms with Crippen LogP contribution in [0.5, 0.6) is 5.75 Å². The highest BCUT2D eigenvalue weighted by molar-refractivity contribution is 7.14. The second-order valence-corrected chi connectivity index (χ2v) is 7.41. The quantitative estimate of drug-likeness (QED) is 0.359. The Morgan fingerprint density at radius 3 is 2.59 bits per heavy atom. The van der Waals surface area contributed by atoms with E-state index in [2.05, 4.69) is 0 Å². The van der Waals surface area contributed by atoms with E-state index in [-0.39, 0.29) is 12.4 Å². The lowest BCUT2D eigenvalue weighted by molar-refractivity contribution is 0.0925. The number of carbonyl (C=O) groups is 1. The number of fused-ring (bicyclic) bond motifs is 1. The highest BCUT2D eigenvalue weighted by Crippen LogP contribution is 2.29. The highest BCUT2D eigenvalue weighted by atomic mass is 32.1. The van der Waals surface area contributed by atoms with Crippen LogP contribution < -0.4 is 10.4 Å². The summed E-state index contributed by atoms with van der Waals surface area (Å²) in [6.45, 7) is 1.89. The first-order chi connectivity index (χ1) is 13.1. The molecule has 2 heterocycles. The average molecular weight is 376 g/mol. The van der Waals surface area contributed by atoms with Crippen molar-refractivity contribution in [2.24, 2.45) is 0 Å². The fourth-order valence-electron chi connectivity index (χ4n) is 2.89. The normalized spacial score (nSPS) is 10.9. The lowest BCUT2D eigenvalue weighted by Gasteiger charge is -2.08. The number of benzene rings is 2. The van der Waals surface area contributed by atoms with Crippen LogP contribution in [0.1, 0.15) is 14.5 Å². The molecule has 27 heavy (non-hydrogen) atoms. The van der Waals surface area contributed by atoms with Gasteiger partial charge < -0.3 is 9.15 Å². The Morgan fingerprint density at radius 1 is 1.04 bits per heavy atom. The first-order valence-electron chi connectivity index (χ1n) is 8.46. The predicted octanol–water partition coefficient (Wildman–Crippen LogP) is 5.09. The fraction of sp³-hybridized carbons (Fsp3) is 0.0909. The van der Waals surface area contributed by atoms with Crippen LogP contribution in [0, 0.1) is 6.92 Å². The van der Waals surface area contributed by atoms with Crippen molar-refractivity contribution in [3.63, 3.8) is 0 Å². The maximum absolute atomic E-state index is 12.2. The molecule has 0 unspecified atom stereocenters. The number of thiophene rings is 1. The Morgan fingerprint density at radius 2 is 1.85 bits per heavy atom. The van der Waals surface area contributed by atoms with Gasteiger partial charge in [-0.15, -0.1) is 11.3 Å². The Kier molecular flexibility index (Phi) is 4.60. The van der Waals surface area contributed by atoms with E-state index in [1.165, 1.54) is 17.4 Å². The van der Waals surface area contributed by atoms with Crippen LogP contribution in [0.25, 0.3) is 22.1 Å². The zero-order valence-electron chi connectivity index (χ0n) is 14.6. The third kappa shape index (κ3) is 3.68. The smallest absolute Gasteiger partial charge is 0.336 e. The molecule has 0 bridgehead atoms. The van der Waals surface area contributed by atoms with Crippen molar-refractivity contribution in [3.8, 4) is 16.9 Å². The zero-order chi connectivity index (χ0) is 18.8. The second kappa shape index (κ2) is 7.21. The van der Waals surface area contributed by atoms with Gasteiger partial charge in [0.15, 0.2) is 6.61 Å². The second-order valence-electron chi connectivity index (χ2n) is 6.13. The van der Waals surface area contributed by atoms with Gasteiger partial charge in [-0.3, -0.25) is 4.79 Å². The molecule has 0 spiro atoms. The topological polar surface area (TPSA) is 56.5 Å². The van der Waals surface area contributed by atoms with Crippen LogP contribution in [0.3, 0.4) is 0 Å². The Hall–Kier alpha value is -3.18. The molecule has 0 atom stereocenters. The summed E-state index contributed by atoms with van der Waals surface area (Å²) in [5.74, 6) is 0.408. The number of carbonyl (C=O) groups excluding carboxylic acids is 1. The minimum Gasteiger partial charge on any atom is -0.485 e. The van der Waals surface area contributed by atoms with Crippen molar-refractivity contribution in [2.75, 3.05) is 6.61 Å². The van der Waals surface area contributed by atoms with Gasteiger partial charge in [-0.25, -0.2) is 4.79 Å². The van der Waals surface area contributed by atoms with Gasteiger partial charge in [0.25, 0.3) is 0 Å². The molecule has 0 aliphatic rings. The van der Waals surface area contributed by atoms with Gasteiger partial charge in [-0.05, 0) is 42.3 Å². The molecule has 0 N–H and O–H groups in total. The zero-order valence-corrected chi connectivity index (χ0v) is 15.4. The van der Waals surface area contributed by atoms with E-state index >= 15 is 0 Å². The molecule has 2 aromatic carbocycles. The van der Waals surface area contributed by atoms with Gasteiger partial charge in [0.05, 0.1) is 4.88 Å². The minimum atomic E-state index is -0.427. The highest BCUT2D eigenvalue weighted by Gasteiger charge is 2.12. The fourth-order valence-corrected chi connectivity index (χ4v) is 3.69. The number of ether oxygens (including phenoxy) is 1. The molecule has 0 aliphatic carbocycles. The SMILES string of the molecule is Cc1ccc(C(=O)COc2ccc3c(-c4ccccc4)cc(=O)oc3c2)s1. The third-order valence-corrected chi connectivity index (χ3v) is 5.23. The summed E-state index contributed by atoms with van der Waals surface area (Å²) in [5, 5.41) is 0.813. The molecule has 0 fully saturated rings. The van der Waals surface area contributed by atoms with Gasteiger partial charge in [0.1, 0.15) is 11.3 Å². The van der Waals surface area contributed by atoms with Crippen molar-refractivity contribution < 1.29 is 13.9 Å². The molecule has 0 aliphatic heterocycles. The van der Waals surface area contributed by atoms with Crippen molar-refractivity contribution >= 4 is 28.1 Å².